The molecule has 4 rings (SSSR count). The van der Waals surface area contributed by atoms with E-state index in [1.54, 1.807) is 0 Å². The van der Waals surface area contributed by atoms with Crippen LogP contribution in [0, 0.1) is 11.8 Å². The van der Waals surface area contributed by atoms with E-state index in [9.17, 15) is 0 Å². The minimum atomic E-state index is 0.855. The molecule has 0 saturated heterocycles. The van der Waals surface area contributed by atoms with Gasteiger partial charge in [-0.15, -0.1) is 0 Å². The average molecular weight is 324 g/mol. The van der Waals surface area contributed by atoms with E-state index in [1.807, 2.05) is 50.5 Å². The second kappa shape index (κ2) is 6.30. The Morgan fingerprint density at radius 3 is 1.80 bits per heavy atom. The van der Waals surface area contributed by atoms with Gasteiger partial charge in [0.25, 0.3) is 0 Å². The molecule has 1 heterocycles. The Morgan fingerprint density at radius 2 is 1.24 bits per heavy atom. The maximum atomic E-state index is 6.01. The summed E-state index contributed by atoms with van der Waals surface area (Å²) in [5, 5.41) is 2.08. The van der Waals surface area contributed by atoms with Gasteiger partial charge in [0.2, 0.25) is 0 Å². The Hall–Kier alpha value is -3.31. The molecule has 0 fully saturated rings. The molecule has 0 atom stereocenters. The smallest absolute Gasteiger partial charge is 0.362 e. The van der Waals surface area contributed by atoms with E-state index < -0.39 is 0 Å². The molecule has 2 nitrogen and oxygen atoms in total. The van der Waals surface area contributed by atoms with Crippen LogP contribution in [0.5, 0.6) is 0 Å². The third-order valence-corrected chi connectivity index (χ3v) is 4.25. The summed E-state index contributed by atoms with van der Waals surface area (Å²) in [6, 6.07) is 24.4. The molecular formula is C23H18NO+. The molecule has 2 heteroatoms. The number of para-hydroxylation sites is 2. The topological polar surface area (TPSA) is 14.5 Å². The molecule has 0 saturated carbocycles. The lowest BCUT2D eigenvalue weighted by Gasteiger charge is -2.11. The minimum Gasteiger partial charge on any atom is -0.378 e. The lowest BCUT2D eigenvalue weighted by molar-refractivity contribution is 0.660. The fraction of sp³-hybridized carbons (Fsp3) is 0.0870. The zero-order chi connectivity index (χ0) is 17.2. The van der Waals surface area contributed by atoms with Crippen molar-refractivity contribution in [3.05, 3.63) is 83.9 Å². The van der Waals surface area contributed by atoms with Crippen molar-refractivity contribution in [1.82, 2.24) is 0 Å². The van der Waals surface area contributed by atoms with Gasteiger partial charge in [0.1, 0.15) is 0 Å². The van der Waals surface area contributed by atoms with Gasteiger partial charge in [-0.3, -0.25) is 0 Å². The lowest BCUT2D eigenvalue weighted by atomic mass is 10.0. The molecule has 0 spiro atoms. The summed E-state index contributed by atoms with van der Waals surface area (Å²) in [6.07, 6.45) is 0. The second-order valence-electron chi connectivity index (χ2n) is 6.16. The maximum absolute atomic E-state index is 6.01. The van der Waals surface area contributed by atoms with Crippen LogP contribution < -0.4 is 4.90 Å². The first-order chi connectivity index (χ1) is 12.2. The maximum Gasteiger partial charge on any atom is 0.362 e. The normalized spacial score (nSPS) is 10.5. The highest BCUT2D eigenvalue weighted by atomic mass is 16.3. The van der Waals surface area contributed by atoms with Crippen LogP contribution in [0.4, 0.5) is 5.69 Å². The summed E-state index contributed by atoms with van der Waals surface area (Å²) < 4.78 is 6.01. The summed E-state index contributed by atoms with van der Waals surface area (Å²) >= 11 is 0. The van der Waals surface area contributed by atoms with Crippen molar-refractivity contribution in [3.8, 4) is 11.8 Å². The van der Waals surface area contributed by atoms with Crippen LogP contribution in [0.2, 0.25) is 0 Å². The average Bonchev–Trinajstić information content (AvgIpc) is 2.65. The van der Waals surface area contributed by atoms with Crippen LogP contribution in [0.15, 0.2) is 77.2 Å². The molecule has 0 amide bonds. The fourth-order valence-corrected chi connectivity index (χ4v) is 2.90. The van der Waals surface area contributed by atoms with E-state index in [0.717, 1.165) is 33.1 Å². The van der Waals surface area contributed by atoms with Crippen LogP contribution in [0.1, 0.15) is 11.1 Å². The van der Waals surface area contributed by atoms with Gasteiger partial charge in [-0.1, -0.05) is 36.1 Å². The van der Waals surface area contributed by atoms with Crippen LogP contribution in [0.3, 0.4) is 0 Å². The molecule has 0 aliphatic carbocycles. The summed E-state index contributed by atoms with van der Waals surface area (Å²) in [6.45, 7) is 0. The van der Waals surface area contributed by atoms with Gasteiger partial charge < -0.3 is 4.90 Å². The molecule has 25 heavy (non-hydrogen) atoms. The standard InChI is InChI=1S/C23H18NO/c1-24(2)18-14-11-17(12-15-18)13-16-19-20-7-3-5-9-22(20)25-23-10-6-4-8-21(19)23/h3-12,14-15H,1-2H3/q+1. The Morgan fingerprint density at radius 1 is 0.680 bits per heavy atom. The molecule has 1 aromatic heterocycles. The first kappa shape index (κ1) is 15.2. The van der Waals surface area contributed by atoms with Gasteiger partial charge in [0.05, 0.1) is 16.3 Å². The molecule has 0 bridgehead atoms. The SMILES string of the molecule is CN(C)c1ccc(C#Cc2c3ccccc3[o+]c3ccccc23)cc1. The summed E-state index contributed by atoms with van der Waals surface area (Å²) in [4.78, 5) is 2.08. The van der Waals surface area contributed by atoms with Crippen molar-refractivity contribution in [2.75, 3.05) is 19.0 Å². The number of hydrogen-bond donors (Lipinski definition) is 0. The highest BCUT2D eigenvalue weighted by molar-refractivity contribution is 5.98. The van der Waals surface area contributed by atoms with Crippen molar-refractivity contribution in [1.29, 1.82) is 0 Å². The van der Waals surface area contributed by atoms with Crippen molar-refractivity contribution in [3.63, 3.8) is 0 Å². The van der Waals surface area contributed by atoms with Gasteiger partial charge in [-0.25, -0.2) is 4.42 Å². The molecule has 3 aromatic carbocycles. The third-order valence-electron chi connectivity index (χ3n) is 4.25. The van der Waals surface area contributed by atoms with Crippen molar-refractivity contribution in [2.24, 2.45) is 0 Å². The number of hydrogen-bond acceptors (Lipinski definition) is 1. The highest BCUT2D eigenvalue weighted by Crippen LogP contribution is 2.27. The quantitative estimate of drug-likeness (QED) is 0.267. The minimum absolute atomic E-state index is 0.855. The molecule has 0 unspecified atom stereocenters. The van der Waals surface area contributed by atoms with Gasteiger partial charge in [0.15, 0.2) is 0 Å². The van der Waals surface area contributed by atoms with Crippen molar-refractivity contribution >= 4 is 27.6 Å². The molecule has 0 N–H and O–H groups in total. The number of anilines is 1. The number of nitrogens with zero attached hydrogens (tertiary/aromatic N) is 1. The first-order valence-electron chi connectivity index (χ1n) is 8.25. The zero-order valence-corrected chi connectivity index (χ0v) is 14.3. The Balaban J connectivity index is 1.88. The van der Waals surface area contributed by atoms with Gasteiger partial charge >= 0.3 is 11.2 Å². The number of fused-ring (bicyclic) bond motifs is 2. The number of rotatable bonds is 1. The molecule has 4 aromatic rings. The van der Waals surface area contributed by atoms with E-state index in [1.165, 1.54) is 5.69 Å². The van der Waals surface area contributed by atoms with E-state index in [4.69, 9.17) is 4.42 Å². The van der Waals surface area contributed by atoms with Gasteiger partial charge in [0, 0.05) is 37.5 Å². The fourth-order valence-electron chi connectivity index (χ4n) is 2.90. The van der Waals surface area contributed by atoms with Gasteiger partial charge in [-0.05, 0) is 36.4 Å². The Kier molecular flexibility index (Phi) is 3.84. The van der Waals surface area contributed by atoms with Crippen LogP contribution >= 0.6 is 0 Å². The molecule has 120 valence electrons. The highest BCUT2D eigenvalue weighted by Gasteiger charge is 2.16. The van der Waals surface area contributed by atoms with E-state index >= 15 is 0 Å². The zero-order valence-electron chi connectivity index (χ0n) is 14.3. The predicted octanol–water partition coefficient (Wildman–Crippen LogP) is 5.33. The summed E-state index contributed by atoms with van der Waals surface area (Å²) in [5.74, 6) is 6.67. The molecule has 0 aliphatic rings. The van der Waals surface area contributed by atoms with E-state index in [2.05, 4.69) is 53.1 Å². The van der Waals surface area contributed by atoms with Crippen LogP contribution in [0.25, 0.3) is 21.9 Å². The Bertz CT molecular complexity index is 1060. The van der Waals surface area contributed by atoms with Crippen molar-refractivity contribution < 1.29 is 4.42 Å². The molecule has 0 radical (unpaired) electrons. The predicted molar refractivity (Wildman–Crippen MR) is 105 cm³/mol. The van der Waals surface area contributed by atoms with Crippen molar-refractivity contribution in [2.45, 2.75) is 0 Å². The largest absolute Gasteiger partial charge is 0.378 e. The van der Waals surface area contributed by atoms with Crippen LogP contribution in [-0.4, -0.2) is 14.1 Å². The lowest BCUT2D eigenvalue weighted by Crippen LogP contribution is -2.07. The summed E-state index contributed by atoms with van der Waals surface area (Å²) in [7, 11) is 4.07. The molecule has 0 aliphatic heterocycles. The first-order valence-corrected chi connectivity index (χ1v) is 8.25. The third kappa shape index (κ3) is 2.93. The van der Waals surface area contributed by atoms with Gasteiger partial charge in [-0.2, -0.15) is 0 Å². The van der Waals surface area contributed by atoms with E-state index in [0.29, 0.717) is 0 Å². The number of benzene rings is 3. The molecular weight excluding hydrogens is 306 g/mol. The van der Waals surface area contributed by atoms with E-state index in [-0.39, 0.29) is 0 Å². The Labute approximate surface area is 147 Å². The van der Waals surface area contributed by atoms with Crippen LogP contribution in [-0.2, 0) is 0 Å². The monoisotopic (exact) mass is 324 g/mol. The second-order valence-corrected chi connectivity index (χ2v) is 6.16. The summed E-state index contributed by atoms with van der Waals surface area (Å²) in [5.41, 5.74) is 4.88.